The average Bonchev–Trinajstić information content (AvgIpc) is 2.96. The van der Waals surface area contributed by atoms with Gasteiger partial charge in [-0.05, 0) is 49.9 Å². The maximum Gasteiger partial charge on any atom is 0.341 e. The van der Waals surface area contributed by atoms with Gasteiger partial charge in [0, 0.05) is 10.0 Å². The van der Waals surface area contributed by atoms with E-state index in [4.69, 9.17) is 9.47 Å². The third kappa shape index (κ3) is 5.70. The second-order valence-corrected chi connectivity index (χ2v) is 9.70. The molecule has 0 bridgehead atoms. The number of nitrogens with one attached hydrogen (secondary N) is 1. The summed E-state index contributed by atoms with van der Waals surface area (Å²) in [5.41, 5.74) is 1.50. The molecule has 1 heterocycles. The molecule has 0 saturated heterocycles. The van der Waals surface area contributed by atoms with Crippen LogP contribution in [0.3, 0.4) is 0 Å². The lowest BCUT2D eigenvalue weighted by Gasteiger charge is -2.23. The van der Waals surface area contributed by atoms with Gasteiger partial charge in [-0.1, -0.05) is 36.7 Å². The first-order chi connectivity index (χ1) is 14.0. The Balaban J connectivity index is 2.23. The molecule has 0 aliphatic heterocycles. The molecule has 6 nitrogen and oxygen atoms in total. The SMILES string of the molecule is CCOC(=O)c1c(NC(=O)COc2ccc(Br)cc2C(C)(C)C)sc(C(C)=O)c1C. The van der Waals surface area contributed by atoms with Crippen molar-refractivity contribution in [3.05, 3.63) is 44.2 Å². The van der Waals surface area contributed by atoms with E-state index in [2.05, 4.69) is 42.0 Å². The Kier molecular flexibility index (Phi) is 7.82. The minimum Gasteiger partial charge on any atom is -0.483 e. The quantitative estimate of drug-likeness (QED) is 0.404. The lowest BCUT2D eigenvalue weighted by Crippen LogP contribution is -2.22. The van der Waals surface area contributed by atoms with E-state index in [0.29, 0.717) is 16.2 Å². The number of hydrogen-bond donors (Lipinski definition) is 1. The fraction of sp³-hybridized carbons (Fsp3) is 0.409. The summed E-state index contributed by atoms with van der Waals surface area (Å²) in [6.45, 7) is 10.9. The van der Waals surface area contributed by atoms with Crippen molar-refractivity contribution < 1.29 is 23.9 Å². The Hall–Kier alpha value is -2.19. The molecule has 0 radical (unpaired) electrons. The van der Waals surface area contributed by atoms with Gasteiger partial charge in [0.2, 0.25) is 0 Å². The number of ether oxygens (including phenoxy) is 2. The molecule has 0 atom stereocenters. The van der Waals surface area contributed by atoms with Gasteiger partial charge in [0.05, 0.1) is 17.0 Å². The fourth-order valence-corrected chi connectivity index (χ4v) is 4.37. The van der Waals surface area contributed by atoms with E-state index >= 15 is 0 Å². The van der Waals surface area contributed by atoms with Crippen molar-refractivity contribution in [1.82, 2.24) is 0 Å². The predicted octanol–water partition coefficient (Wildman–Crippen LogP) is 5.51. The van der Waals surface area contributed by atoms with E-state index in [9.17, 15) is 14.4 Å². The van der Waals surface area contributed by atoms with Gasteiger partial charge in [0.15, 0.2) is 12.4 Å². The third-order valence-corrected chi connectivity index (χ3v) is 6.11. The summed E-state index contributed by atoms with van der Waals surface area (Å²) in [6.07, 6.45) is 0. The molecule has 0 aliphatic carbocycles. The molecule has 162 valence electrons. The summed E-state index contributed by atoms with van der Waals surface area (Å²) in [6, 6.07) is 5.63. The summed E-state index contributed by atoms with van der Waals surface area (Å²) in [7, 11) is 0. The Morgan fingerprint density at radius 2 is 1.87 bits per heavy atom. The normalized spacial score (nSPS) is 11.2. The molecule has 0 spiro atoms. The van der Waals surface area contributed by atoms with Crippen LogP contribution in [-0.2, 0) is 14.9 Å². The van der Waals surface area contributed by atoms with Gasteiger partial charge in [-0.2, -0.15) is 0 Å². The number of amides is 1. The van der Waals surface area contributed by atoms with Crippen molar-refractivity contribution in [2.45, 2.75) is 47.0 Å². The highest BCUT2D eigenvalue weighted by Crippen LogP contribution is 2.35. The van der Waals surface area contributed by atoms with Gasteiger partial charge >= 0.3 is 5.97 Å². The van der Waals surface area contributed by atoms with Crippen LogP contribution in [-0.4, -0.2) is 30.9 Å². The number of halogens is 1. The van der Waals surface area contributed by atoms with Crippen LogP contribution < -0.4 is 10.1 Å². The zero-order valence-corrected chi connectivity index (χ0v) is 20.4. The molecule has 0 aliphatic rings. The Labute approximate surface area is 189 Å². The highest BCUT2D eigenvalue weighted by atomic mass is 79.9. The predicted molar refractivity (Wildman–Crippen MR) is 122 cm³/mol. The van der Waals surface area contributed by atoms with Crippen LogP contribution in [0.25, 0.3) is 0 Å². The van der Waals surface area contributed by atoms with Crippen LogP contribution in [0, 0.1) is 6.92 Å². The van der Waals surface area contributed by atoms with E-state index < -0.39 is 11.9 Å². The lowest BCUT2D eigenvalue weighted by atomic mass is 9.86. The standard InChI is InChI=1S/C22H26BrNO5S/c1-7-28-21(27)18-12(2)19(13(3)25)30-20(18)24-17(26)11-29-16-9-8-14(23)10-15(16)22(4,5)6/h8-10H,7,11H2,1-6H3,(H,24,26). The zero-order chi connectivity index (χ0) is 22.6. The monoisotopic (exact) mass is 495 g/mol. The molecule has 1 N–H and O–H groups in total. The average molecular weight is 496 g/mol. The summed E-state index contributed by atoms with van der Waals surface area (Å²) in [4.78, 5) is 37.2. The maximum absolute atomic E-state index is 12.6. The molecule has 1 aromatic heterocycles. The van der Waals surface area contributed by atoms with Crippen LogP contribution in [0.2, 0.25) is 0 Å². The number of benzene rings is 1. The minimum atomic E-state index is -0.571. The van der Waals surface area contributed by atoms with Crippen LogP contribution in [0.1, 0.15) is 65.8 Å². The van der Waals surface area contributed by atoms with Gasteiger partial charge in [-0.15, -0.1) is 11.3 Å². The first kappa shape index (κ1) is 24.1. The van der Waals surface area contributed by atoms with E-state index in [-0.39, 0.29) is 35.0 Å². The topological polar surface area (TPSA) is 81.7 Å². The molecule has 2 aromatic rings. The molecule has 30 heavy (non-hydrogen) atoms. The van der Waals surface area contributed by atoms with Gasteiger partial charge in [-0.3, -0.25) is 9.59 Å². The Morgan fingerprint density at radius 3 is 2.43 bits per heavy atom. The molecule has 2 rings (SSSR count). The molecular formula is C22H26BrNO5S. The van der Waals surface area contributed by atoms with Gasteiger partial charge in [0.1, 0.15) is 10.8 Å². The Morgan fingerprint density at radius 1 is 1.20 bits per heavy atom. The summed E-state index contributed by atoms with van der Waals surface area (Å²) in [5.74, 6) is -0.569. The number of rotatable bonds is 7. The number of ketones is 1. The van der Waals surface area contributed by atoms with Gasteiger partial charge in [-0.25, -0.2) is 4.79 Å². The first-order valence-electron chi connectivity index (χ1n) is 9.49. The molecule has 8 heteroatoms. The third-order valence-electron chi connectivity index (χ3n) is 4.31. The molecule has 1 aromatic carbocycles. The number of anilines is 1. The first-order valence-corrected chi connectivity index (χ1v) is 11.1. The van der Waals surface area contributed by atoms with E-state index in [0.717, 1.165) is 21.4 Å². The number of carbonyl (C=O) groups is 3. The largest absolute Gasteiger partial charge is 0.483 e. The van der Waals surface area contributed by atoms with Gasteiger partial charge in [0.25, 0.3) is 5.91 Å². The van der Waals surface area contributed by atoms with Crippen LogP contribution in [0.4, 0.5) is 5.00 Å². The maximum atomic E-state index is 12.6. The van der Waals surface area contributed by atoms with Crippen LogP contribution in [0.15, 0.2) is 22.7 Å². The highest BCUT2D eigenvalue weighted by molar-refractivity contribution is 9.10. The minimum absolute atomic E-state index is 0.173. The van der Waals surface area contributed by atoms with E-state index in [1.54, 1.807) is 13.8 Å². The van der Waals surface area contributed by atoms with Crippen LogP contribution >= 0.6 is 27.3 Å². The molecule has 1 amide bonds. The molecule has 0 fully saturated rings. The second kappa shape index (κ2) is 9.75. The lowest BCUT2D eigenvalue weighted by molar-refractivity contribution is -0.118. The number of thiophene rings is 1. The van der Waals surface area contributed by atoms with Crippen LogP contribution in [0.5, 0.6) is 5.75 Å². The Bertz CT molecular complexity index is 975. The summed E-state index contributed by atoms with van der Waals surface area (Å²) < 4.78 is 11.8. The molecule has 0 saturated carbocycles. The smallest absolute Gasteiger partial charge is 0.341 e. The zero-order valence-electron chi connectivity index (χ0n) is 18.0. The highest BCUT2D eigenvalue weighted by Gasteiger charge is 2.26. The van der Waals surface area contributed by atoms with Crippen molar-refractivity contribution in [2.75, 3.05) is 18.5 Å². The molecular weight excluding hydrogens is 470 g/mol. The number of hydrogen-bond acceptors (Lipinski definition) is 6. The van der Waals surface area contributed by atoms with Crippen molar-refractivity contribution in [3.8, 4) is 5.75 Å². The number of Topliss-reactive ketones (excluding diaryl/α,β-unsaturated/α-hetero) is 1. The van der Waals surface area contributed by atoms with Crippen molar-refractivity contribution in [1.29, 1.82) is 0 Å². The number of carbonyl (C=O) groups excluding carboxylic acids is 3. The van der Waals surface area contributed by atoms with Crippen molar-refractivity contribution in [3.63, 3.8) is 0 Å². The molecule has 0 unspecified atom stereocenters. The van der Waals surface area contributed by atoms with Gasteiger partial charge < -0.3 is 14.8 Å². The number of esters is 1. The second-order valence-electron chi connectivity index (χ2n) is 7.76. The summed E-state index contributed by atoms with van der Waals surface area (Å²) >= 11 is 4.53. The van der Waals surface area contributed by atoms with Crippen molar-refractivity contribution >= 4 is 49.9 Å². The van der Waals surface area contributed by atoms with E-state index in [1.165, 1.54) is 6.92 Å². The van der Waals surface area contributed by atoms with Crippen molar-refractivity contribution in [2.24, 2.45) is 0 Å². The summed E-state index contributed by atoms with van der Waals surface area (Å²) in [5, 5.41) is 2.99. The fourth-order valence-electron chi connectivity index (χ4n) is 2.91. The van der Waals surface area contributed by atoms with E-state index in [1.807, 2.05) is 18.2 Å².